The Balaban J connectivity index is 1.82. The molecule has 122 valence electrons. The van der Waals surface area contributed by atoms with Gasteiger partial charge in [0.25, 0.3) is 5.69 Å². The number of benzene rings is 2. The zero-order valence-corrected chi connectivity index (χ0v) is 13.7. The molecule has 2 aromatic carbocycles. The van der Waals surface area contributed by atoms with Crippen LogP contribution in [0.15, 0.2) is 66.2 Å². The minimum Gasteiger partial charge on any atom is -0.360 e. The number of anilines is 1. The number of thiazole rings is 1. The van der Waals surface area contributed by atoms with Crippen LogP contribution in [0.2, 0.25) is 0 Å². The Hall–Kier alpha value is -3.50. The van der Waals surface area contributed by atoms with E-state index in [2.05, 4.69) is 16.4 Å². The summed E-state index contributed by atoms with van der Waals surface area (Å²) in [5.41, 5.74) is 2.66. The van der Waals surface area contributed by atoms with Gasteiger partial charge in [0.15, 0.2) is 0 Å². The summed E-state index contributed by atoms with van der Waals surface area (Å²) in [4.78, 5) is 14.8. The third-order valence-electron chi connectivity index (χ3n) is 3.36. The van der Waals surface area contributed by atoms with Crippen LogP contribution in [0.25, 0.3) is 16.8 Å². The van der Waals surface area contributed by atoms with Gasteiger partial charge in [0.2, 0.25) is 0 Å². The quantitative estimate of drug-likeness (QED) is 0.410. The van der Waals surface area contributed by atoms with Crippen LogP contribution in [0, 0.1) is 21.4 Å². The Morgan fingerprint density at radius 3 is 2.76 bits per heavy atom. The molecule has 1 heterocycles. The minimum absolute atomic E-state index is 0.0162. The SMILES string of the molecule is N#C/C(=C\Nc1cccc([N+](=O)[O-])c1)c1nc(-c2ccccc2)cs1. The molecule has 6 nitrogen and oxygen atoms in total. The molecular formula is C18H12N4O2S. The van der Waals surface area contributed by atoms with Crippen LogP contribution in [0.5, 0.6) is 0 Å². The Morgan fingerprint density at radius 1 is 1.24 bits per heavy atom. The van der Waals surface area contributed by atoms with Crippen molar-refractivity contribution in [1.82, 2.24) is 4.98 Å². The summed E-state index contributed by atoms with van der Waals surface area (Å²) in [6.07, 6.45) is 1.51. The van der Waals surface area contributed by atoms with Crippen molar-refractivity contribution in [3.63, 3.8) is 0 Å². The Labute approximate surface area is 147 Å². The first kappa shape index (κ1) is 16.4. The van der Waals surface area contributed by atoms with Gasteiger partial charge in [-0.1, -0.05) is 36.4 Å². The fourth-order valence-corrected chi connectivity index (χ4v) is 2.94. The maximum Gasteiger partial charge on any atom is 0.271 e. The average Bonchev–Trinajstić information content (AvgIpc) is 3.13. The van der Waals surface area contributed by atoms with E-state index in [1.807, 2.05) is 35.7 Å². The Kier molecular flexibility index (Phi) is 4.83. The monoisotopic (exact) mass is 348 g/mol. The zero-order chi connectivity index (χ0) is 17.6. The van der Waals surface area contributed by atoms with Gasteiger partial charge in [-0.25, -0.2) is 4.98 Å². The molecule has 0 fully saturated rings. The average molecular weight is 348 g/mol. The number of aromatic nitrogens is 1. The van der Waals surface area contributed by atoms with Crippen molar-refractivity contribution in [3.8, 4) is 17.3 Å². The summed E-state index contributed by atoms with van der Waals surface area (Å²) in [6.45, 7) is 0. The zero-order valence-electron chi connectivity index (χ0n) is 12.9. The number of nitriles is 1. The van der Waals surface area contributed by atoms with Gasteiger partial charge in [-0.3, -0.25) is 10.1 Å². The summed E-state index contributed by atoms with van der Waals surface area (Å²) >= 11 is 1.37. The van der Waals surface area contributed by atoms with Gasteiger partial charge in [0, 0.05) is 35.0 Å². The molecule has 0 saturated heterocycles. The van der Waals surface area contributed by atoms with Crippen molar-refractivity contribution in [2.45, 2.75) is 0 Å². The van der Waals surface area contributed by atoms with E-state index in [1.54, 1.807) is 12.1 Å². The highest BCUT2D eigenvalue weighted by Gasteiger charge is 2.09. The van der Waals surface area contributed by atoms with Gasteiger partial charge >= 0.3 is 0 Å². The second-order valence-corrected chi connectivity index (χ2v) is 5.88. The fourth-order valence-electron chi connectivity index (χ4n) is 2.15. The lowest BCUT2D eigenvalue weighted by Crippen LogP contribution is -1.93. The van der Waals surface area contributed by atoms with E-state index in [0.29, 0.717) is 16.3 Å². The lowest BCUT2D eigenvalue weighted by Gasteiger charge is -2.01. The van der Waals surface area contributed by atoms with Crippen molar-refractivity contribution >= 4 is 28.3 Å². The molecule has 1 N–H and O–H groups in total. The van der Waals surface area contributed by atoms with E-state index in [0.717, 1.165) is 11.3 Å². The molecule has 0 aliphatic heterocycles. The van der Waals surface area contributed by atoms with Gasteiger partial charge in [-0.15, -0.1) is 11.3 Å². The summed E-state index contributed by atoms with van der Waals surface area (Å²) < 4.78 is 0. The van der Waals surface area contributed by atoms with Crippen LogP contribution in [0.3, 0.4) is 0 Å². The molecule has 0 bridgehead atoms. The lowest BCUT2D eigenvalue weighted by molar-refractivity contribution is -0.384. The third-order valence-corrected chi connectivity index (χ3v) is 4.24. The standard InChI is InChI=1S/C18H12N4O2S/c19-10-14(11-20-15-7-4-8-16(9-15)22(23)24)18-21-17(12-25-18)13-5-2-1-3-6-13/h1-9,11-12,20H/b14-11+. The first-order chi connectivity index (χ1) is 12.2. The molecule has 0 atom stereocenters. The molecule has 7 heteroatoms. The smallest absolute Gasteiger partial charge is 0.271 e. The largest absolute Gasteiger partial charge is 0.360 e. The minimum atomic E-state index is -0.465. The lowest BCUT2D eigenvalue weighted by atomic mass is 10.2. The fraction of sp³-hybridized carbons (Fsp3) is 0. The first-order valence-corrected chi connectivity index (χ1v) is 8.18. The van der Waals surface area contributed by atoms with E-state index in [1.165, 1.54) is 29.7 Å². The van der Waals surface area contributed by atoms with E-state index in [4.69, 9.17) is 0 Å². The van der Waals surface area contributed by atoms with Crippen LogP contribution in [-0.4, -0.2) is 9.91 Å². The summed E-state index contributed by atoms with van der Waals surface area (Å²) in [7, 11) is 0. The van der Waals surface area contributed by atoms with E-state index < -0.39 is 4.92 Å². The molecule has 1 aromatic heterocycles. The Bertz CT molecular complexity index is 974. The first-order valence-electron chi connectivity index (χ1n) is 7.30. The molecule has 0 amide bonds. The van der Waals surface area contributed by atoms with Crippen molar-refractivity contribution in [3.05, 3.63) is 81.3 Å². The molecular weight excluding hydrogens is 336 g/mol. The van der Waals surface area contributed by atoms with Crippen LogP contribution < -0.4 is 5.32 Å². The maximum atomic E-state index is 10.8. The molecule has 3 aromatic rings. The van der Waals surface area contributed by atoms with Crippen LogP contribution in [0.4, 0.5) is 11.4 Å². The number of non-ortho nitro benzene ring substituents is 1. The van der Waals surface area contributed by atoms with Crippen LogP contribution in [0.1, 0.15) is 5.01 Å². The summed E-state index contributed by atoms with van der Waals surface area (Å²) in [5.74, 6) is 0. The van der Waals surface area contributed by atoms with Crippen molar-refractivity contribution in [1.29, 1.82) is 5.26 Å². The molecule has 0 saturated carbocycles. The Morgan fingerprint density at radius 2 is 2.04 bits per heavy atom. The highest BCUT2D eigenvalue weighted by Crippen LogP contribution is 2.26. The van der Waals surface area contributed by atoms with Gasteiger partial charge in [-0.05, 0) is 6.07 Å². The maximum absolute atomic E-state index is 10.8. The van der Waals surface area contributed by atoms with Gasteiger partial charge < -0.3 is 5.32 Å². The molecule has 0 aliphatic carbocycles. The van der Waals surface area contributed by atoms with E-state index in [9.17, 15) is 15.4 Å². The highest BCUT2D eigenvalue weighted by atomic mass is 32.1. The van der Waals surface area contributed by atoms with Crippen LogP contribution in [-0.2, 0) is 0 Å². The molecule has 3 rings (SSSR count). The van der Waals surface area contributed by atoms with Crippen molar-refractivity contribution in [2.24, 2.45) is 0 Å². The number of nitrogens with zero attached hydrogens (tertiary/aromatic N) is 3. The van der Waals surface area contributed by atoms with Crippen LogP contribution >= 0.6 is 11.3 Å². The van der Waals surface area contributed by atoms with Crippen molar-refractivity contribution in [2.75, 3.05) is 5.32 Å². The normalized spacial score (nSPS) is 10.9. The predicted molar refractivity (Wildman–Crippen MR) is 97.9 cm³/mol. The molecule has 0 unspecified atom stereocenters. The topological polar surface area (TPSA) is 91.8 Å². The summed E-state index contributed by atoms with van der Waals surface area (Å²) in [6, 6.07) is 17.9. The number of allylic oxidation sites excluding steroid dienone is 1. The number of hydrogen-bond acceptors (Lipinski definition) is 6. The number of nitrogens with one attached hydrogen (secondary N) is 1. The molecule has 0 spiro atoms. The molecule has 0 aliphatic rings. The molecule has 25 heavy (non-hydrogen) atoms. The predicted octanol–water partition coefficient (Wildman–Crippen LogP) is 4.69. The number of rotatable bonds is 5. The van der Waals surface area contributed by atoms with E-state index >= 15 is 0 Å². The number of hydrogen-bond donors (Lipinski definition) is 1. The van der Waals surface area contributed by atoms with Gasteiger partial charge in [-0.2, -0.15) is 5.26 Å². The van der Waals surface area contributed by atoms with Crippen molar-refractivity contribution < 1.29 is 4.92 Å². The highest BCUT2D eigenvalue weighted by molar-refractivity contribution is 7.11. The van der Waals surface area contributed by atoms with Gasteiger partial charge in [0.1, 0.15) is 16.6 Å². The number of nitro benzene ring substituents is 1. The second-order valence-electron chi connectivity index (χ2n) is 5.03. The molecule has 0 radical (unpaired) electrons. The third kappa shape index (κ3) is 3.88. The van der Waals surface area contributed by atoms with E-state index in [-0.39, 0.29) is 5.69 Å². The van der Waals surface area contributed by atoms with Gasteiger partial charge in [0.05, 0.1) is 10.6 Å². The summed E-state index contributed by atoms with van der Waals surface area (Å²) in [5, 5.41) is 25.6. The second kappa shape index (κ2) is 7.38. The number of nitro groups is 1.